The van der Waals surface area contributed by atoms with Crippen LogP contribution in [0.2, 0.25) is 0 Å². The highest BCUT2D eigenvalue weighted by Crippen LogP contribution is 2.32. The topological polar surface area (TPSA) is 69.2 Å². The molecule has 3 rings (SSSR count). The standard InChI is InChI=1S/C18H23N3O2S/c1-12(24-2)18(23)21-10-4-3-5-16(21)17-19-11-15(20-17)13-6-8-14(22)9-7-13/h6-9,11-12,16,22H,3-5,10H2,1-2H3,(H,19,20). The first-order chi connectivity index (χ1) is 11.6. The van der Waals surface area contributed by atoms with E-state index >= 15 is 0 Å². The van der Waals surface area contributed by atoms with Gasteiger partial charge in [-0.1, -0.05) is 0 Å². The van der Waals surface area contributed by atoms with E-state index in [1.165, 1.54) is 0 Å². The maximum absolute atomic E-state index is 12.7. The normalized spacial score (nSPS) is 19.2. The number of rotatable bonds is 4. The highest BCUT2D eigenvalue weighted by Gasteiger charge is 2.32. The summed E-state index contributed by atoms with van der Waals surface area (Å²) in [5.74, 6) is 1.28. The summed E-state index contributed by atoms with van der Waals surface area (Å²) in [5.41, 5.74) is 1.87. The number of phenols is 1. The van der Waals surface area contributed by atoms with Crippen molar-refractivity contribution in [1.29, 1.82) is 0 Å². The van der Waals surface area contributed by atoms with Crippen LogP contribution in [-0.2, 0) is 4.79 Å². The molecular formula is C18H23N3O2S. The van der Waals surface area contributed by atoms with E-state index in [1.807, 2.05) is 30.2 Å². The van der Waals surface area contributed by atoms with Crippen LogP contribution in [-0.4, -0.2) is 43.9 Å². The van der Waals surface area contributed by atoms with Gasteiger partial charge >= 0.3 is 0 Å². The summed E-state index contributed by atoms with van der Waals surface area (Å²) in [7, 11) is 0. The monoisotopic (exact) mass is 345 g/mol. The summed E-state index contributed by atoms with van der Waals surface area (Å²) in [4.78, 5) is 22.5. The molecule has 0 radical (unpaired) electrons. The number of nitrogens with zero attached hydrogens (tertiary/aromatic N) is 2. The molecule has 2 unspecified atom stereocenters. The molecule has 0 saturated carbocycles. The van der Waals surface area contributed by atoms with Crippen molar-refractivity contribution in [3.63, 3.8) is 0 Å². The molecule has 1 aliphatic rings. The van der Waals surface area contributed by atoms with Crippen LogP contribution in [0.5, 0.6) is 5.75 Å². The second kappa shape index (κ2) is 7.30. The van der Waals surface area contributed by atoms with Gasteiger partial charge in [0.15, 0.2) is 0 Å². The summed E-state index contributed by atoms with van der Waals surface area (Å²) >= 11 is 1.58. The zero-order valence-electron chi connectivity index (χ0n) is 14.0. The van der Waals surface area contributed by atoms with Crippen molar-refractivity contribution < 1.29 is 9.90 Å². The van der Waals surface area contributed by atoms with Crippen LogP contribution >= 0.6 is 11.8 Å². The number of aromatic nitrogens is 2. The minimum absolute atomic E-state index is 0.0201. The van der Waals surface area contributed by atoms with Gasteiger partial charge in [0, 0.05) is 6.54 Å². The van der Waals surface area contributed by atoms with Crippen LogP contribution in [0.1, 0.15) is 38.1 Å². The van der Waals surface area contributed by atoms with Gasteiger partial charge in [-0.05, 0) is 62.3 Å². The van der Waals surface area contributed by atoms with Crippen LogP contribution in [0, 0.1) is 0 Å². The quantitative estimate of drug-likeness (QED) is 0.888. The van der Waals surface area contributed by atoms with Crippen molar-refractivity contribution in [2.24, 2.45) is 0 Å². The Hall–Kier alpha value is -1.95. The average molecular weight is 345 g/mol. The van der Waals surface area contributed by atoms with Crippen molar-refractivity contribution in [2.45, 2.75) is 37.5 Å². The number of H-pyrrole nitrogens is 1. The lowest BCUT2D eigenvalue weighted by Crippen LogP contribution is -2.42. The van der Waals surface area contributed by atoms with Crippen molar-refractivity contribution >= 4 is 17.7 Å². The van der Waals surface area contributed by atoms with Crippen molar-refractivity contribution in [3.8, 4) is 17.0 Å². The minimum atomic E-state index is -0.0304. The van der Waals surface area contributed by atoms with Crippen LogP contribution in [0.4, 0.5) is 0 Å². The molecule has 1 saturated heterocycles. The Labute approximate surface area is 146 Å². The third-order valence-electron chi connectivity index (χ3n) is 4.58. The third-order valence-corrected chi connectivity index (χ3v) is 5.49. The van der Waals surface area contributed by atoms with E-state index in [0.29, 0.717) is 0 Å². The van der Waals surface area contributed by atoms with Gasteiger partial charge in [-0.25, -0.2) is 4.98 Å². The first-order valence-electron chi connectivity index (χ1n) is 8.27. The molecular weight excluding hydrogens is 322 g/mol. The van der Waals surface area contributed by atoms with Crippen molar-refractivity contribution in [1.82, 2.24) is 14.9 Å². The van der Waals surface area contributed by atoms with Gasteiger partial charge < -0.3 is 15.0 Å². The molecule has 2 aromatic rings. The maximum Gasteiger partial charge on any atom is 0.236 e. The molecule has 1 aromatic heterocycles. The number of hydrogen-bond donors (Lipinski definition) is 2. The number of imidazole rings is 1. The molecule has 1 aliphatic heterocycles. The zero-order valence-corrected chi connectivity index (χ0v) is 14.8. The number of piperidine rings is 1. The van der Waals surface area contributed by atoms with Gasteiger partial charge in [0.1, 0.15) is 11.6 Å². The highest BCUT2D eigenvalue weighted by atomic mass is 32.2. The predicted molar refractivity (Wildman–Crippen MR) is 97.0 cm³/mol. The average Bonchev–Trinajstić information content (AvgIpc) is 3.11. The SMILES string of the molecule is CSC(C)C(=O)N1CCCCC1c1ncc(-c2ccc(O)cc2)[nH]1. The smallest absolute Gasteiger partial charge is 0.236 e. The lowest BCUT2D eigenvalue weighted by atomic mass is 10.0. The molecule has 0 aliphatic carbocycles. The summed E-state index contributed by atoms with van der Waals surface area (Å²) in [6.07, 6.45) is 6.87. The first kappa shape index (κ1) is 16.9. The number of nitrogens with one attached hydrogen (secondary N) is 1. The summed E-state index contributed by atoms with van der Waals surface area (Å²) in [6, 6.07) is 7.05. The summed E-state index contributed by atoms with van der Waals surface area (Å²) in [5, 5.41) is 9.38. The number of likely N-dealkylation sites (tertiary alicyclic amines) is 1. The van der Waals surface area contributed by atoms with E-state index in [0.717, 1.165) is 42.9 Å². The molecule has 2 N–H and O–H groups in total. The highest BCUT2D eigenvalue weighted by molar-refractivity contribution is 7.99. The van der Waals surface area contributed by atoms with Crippen LogP contribution in [0.15, 0.2) is 30.5 Å². The Morgan fingerprint density at radius 2 is 2.12 bits per heavy atom. The Kier molecular flexibility index (Phi) is 5.14. The van der Waals surface area contributed by atoms with E-state index in [9.17, 15) is 9.90 Å². The van der Waals surface area contributed by atoms with Crippen molar-refractivity contribution in [2.75, 3.05) is 12.8 Å². The maximum atomic E-state index is 12.7. The molecule has 128 valence electrons. The number of amides is 1. The van der Waals surface area contributed by atoms with Gasteiger partial charge in [-0.3, -0.25) is 4.79 Å². The Morgan fingerprint density at radius 3 is 2.83 bits per heavy atom. The largest absolute Gasteiger partial charge is 0.508 e. The number of hydrogen-bond acceptors (Lipinski definition) is 4. The number of phenolic OH excluding ortho intramolecular Hbond substituents is 1. The molecule has 5 nitrogen and oxygen atoms in total. The van der Waals surface area contributed by atoms with Gasteiger partial charge in [0.2, 0.25) is 5.91 Å². The zero-order chi connectivity index (χ0) is 17.1. The number of thioether (sulfide) groups is 1. The van der Waals surface area contributed by atoms with E-state index in [4.69, 9.17) is 0 Å². The molecule has 1 fully saturated rings. The molecule has 2 heterocycles. The fourth-order valence-corrected chi connectivity index (χ4v) is 3.44. The van der Waals surface area contributed by atoms with Gasteiger partial charge in [0.05, 0.1) is 23.2 Å². The molecule has 6 heteroatoms. The summed E-state index contributed by atoms with van der Waals surface area (Å²) in [6.45, 7) is 2.76. The Morgan fingerprint density at radius 1 is 1.38 bits per heavy atom. The molecule has 0 spiro atoms. The fraction of sp³-hybridized carbons (Fsp3) is 0.444. The lowest BCUT2D eigenvalue weighted by Gasteiger charge is -2.36. The number of benzene rings is 1. The number of aromatic amines is 1. The van der Waals surface area contributed by atoms with E-state index in [2.05, 4.69) is 9.97 Å². The number of carbonyl (C=O) groups is 1. The second-order valence-electron chi connectivity index (χ2n) is 6.15. The molecule has 2 atom stereocenters. The number of aromatic hydroxyl groups is 1. The van der Waals surface area contributed by atoms with Gasteiger partial charge in [-0.15, -0.1) is 0 Å². The molecule has 1 amide bonds. The van der Waals surface area contributed by atoms with E-state index < -0.39 is 0 Å². The van der Waals surface area contributed by atoms with Crippen LogP contribution in [0.25, 0.3) is 11.3 Å². The summed E-state index contributed by atoms with van der Waals surface area (Å²) < 4.78 is 0. The molecule has 24 heavy (non-hydrogen) atoms. The second-order valence-corrected chi connectivity index (χ2v) is 7.33. The lowest BCUT2D eigenvalue weighted by molar-refractivity contribution is -0.134. The number of carbonyl (C=O) groups excluding carboxylic acids is 1. The van der Waals surface area contributed by atoms with Crippen LogP contribution < -0.4 is 0 Å². The molecule has 0 bridgehead atoms. The fourth-order valence-electron chi connectivity index (χ4n) is 3.11. The van der Waals surface area contributed by atoms with Crippen LogP contribution in [0.3, 0.4) is 0 Å². The first-order valence-corrected chi connectivity index (χ1v) is 9.56. The Balaban J connectivity index is 1.84. The third kappa shape index (κ3) is 3.43. The van der Waals surface area contributed by atoms with Gasteiger partial charge in [-0.2, -0.15) is 11.8 Å². The van der Waals surface area contributed by atoms with Gasteiger partial charge in [0.25, 0.3) is 0 Å². The molecule has 1 aromatic carbocycles. The van der Waals surface area contributed by atoms with E-state index in [1.54, 1.807) is 30.1 Å². The Bertz CT molecular complexity index is 699. The van der Waals surface area contributed by atoms with Crippen molar-refractivity contribution in [3.05, 3.63) is 36.3 Å². The predicted octanol–water partition coefficient (Wildman–Crippen LogP) is 3.59. The minimum Gasteiger partial charge on any atom is -0.508 e. The van der Waals surface area contributed by atoms with E-state index in [-0.39, 0.29) is 22.9 Å².